The molecule has 2 amide bonds. The summed E-state index contributed by atoms with van der Waals surface area (Å²) in [7, 11) is 0. The Hall–Kier alpha value is -3.00. The van der Waals surface area contributed by atoms with E-state index in [0.717, 1.165) is 4.47 Å². The van der Waals surface area contributed by atoms with Gasteiger partial charge in [-0.15, -0.1) is 0 Å². The lowest BCUT2D eigenvalue weighted by Gasteiger charge is -2.37. The second-order valence-corrected chi connectivity index (χ2v) is 7.57. The fraction of sp³-hybridized carbons (Fsp3) is 0.200. The van der Waals surface area contributed by atoms with Gasteiger partial charge >= 0.3 is 0 Å². The number of nitrogens with one attached hydrogen (secondary N) is 1. The van der Waals surface area contributed by atoms with Crippen LogP contribution in [0.15, 0.2) is 53.1 Å². The molecule has 3 N–H and O–H groups in total. The third kappa shape index (κ3) is 3.43. The third-order valence-corrected chi connectivity index (χ3v) is 5.07. The largest absolute Gasteiger partial charge is 0.489 e. The van der Waals surface area contributed by atoms with E-state index in [1.807, 2.05) is 6.07 Å². The van der Waals surface area contributed by atoms with Crippen molar-refractivity contribution in [3.05, 3.63) is 58.7 Å². The summed E-state index contributed by atoms with van der Waals surface area (Å²) in [5.74, 6) is 0.475. The maximum Gasteiger partial charge on any atom is 0.258 e. The monoisotopic (exact) mass is 443 g/mol. The Morgan fingerprint density at radius 3 is 2.82 bits per heavy atom. The molecule has 0 aliphatic carbocycles. The van der Waals surface area contributed by atoms with Crippen molar-refractivity contribution >= 4 is 39.1 Å². The summed E-state index contributed by atoms with van der Waals surface area (Å²) in [6.45, 7) is 4.42. The molecule has 0 saturated carbocycles. The van der Waals surface area contributed by atoms with E-state index in [9.17, 15) is 9.59 Å². The molecule has 4 rings (SSSR count). The number of benzene rings is 2. The number of hydrogen-bond acceptors (Lipinski definition) is 5. The Balaban J connectivity index is 1.74. The Morgan fingerprint density at radius 1 is 1.21 bits per heavy atom. The van der Waals surface area contributed by atoms with Crippen LogP contribution in [0.25, 0.3) is 0 Å². The number of ether oxygens (including phenoxy) is 2. The molecule has 144 valence electrons. The van der Waals surface area contributed by atoms with Gasteiger partial charge in [-0.25, -0.2) is 0 Å². The standard InChI is InChI=1S/C20H18BrN3O4/c1-11-9-27-17-5-2-12(6-15(17)23-11)20(26)24-14(8-19(22)25)10-28-18-7-13(21)3-4-16(18)24/h2-7,14,23H,1,8-10H2,(H2,22,25)/t14-/m0/s1. The van der Waals surface area contributed by atoms with Crippen LogP contribution < -0.4 is 25.4 Å². The number of fused-ring (bicyclic) bond motifs is 2. The molecule has 28 heavy (non-hydrogen) atoms. The summed E-state index contributed by atoms with van der Waals surface area (Å²) in [6, 6.07) is 10.1. The van der Waals surface area contributed by atoms with Gasteiger partial charge in [-0.3, -0.25) is 14.5 Å². The number of carbonyl (C=O) groups is 2. The fourth-order valence-electron chi connectivity index (χ4n) is 3.33. The van der Waals surface area contributed by atoms with Crippen molar-refractivity contribution in [1.82, 2.24) is 0 Å². The lowest BCUT2D eigenvalue weighted by Crippen LogP contribution is -2.48. The number of rotatable bonds is 3. The van der Waals surface area contributed by atoms with Crippen LogP contribution in [0.4, 0.5) is 11.4 Å². The van der Waals surface area contributed by atoms with Crippen LogP contribution in [0.2, 0.25) is 0 Å². The molecule has 8 heteroatoms. The zero-order valence-corrected chi connectivity index (χ0v) is 16.5. The molecule has 0 spiro atoms. The summed E-state index contributed by atoms with van der Waals surface area (Å²) in [5, 5.41) is 3.13. The summed E-state index contributed by atoms with van der Waals surface area (Å²) in [6.07, 6.45) is 0.00432. The first-order valence-electron chi connectivity index (χ1n) is 8.68. The van der Waals surface area contributed by atoms with E-state index in [1.165, 1.54) is 0 Å². The van der Waals surface area contributed by atoms with Crippen LogP contribution in [0, 0.1) is 0 Å². The van der Waals surface area contributed by atoms with Crippen LogP contribution in [-0.4, -0.2) is 31.1 Å². The van der Waals surface area contributed by atoms with E-state index in [0.29, 0.717) is 40.7 Å². The minimum absolute atomic E-state index is 0.00432. The van der Waals surface area contributed by atoms with E-state index in [4.69, 9.17) is 15.2 Å². The van der Waals surface area contributed by atoms with Gasteiger partial charge in [0.15, 0.2) is 0 Å². The summed E-state index contributed by atoms with van der Waals surface area (Å²) >= 11 is 3.41. The molecule has 0 fully saturated rings. The van der Waals surface area contributed by atoms with Gasteiger partial charge < -0.3 is 20.5 Å². The SMILES string of the molecule is C=C1COc2ccc(C(=O)N3c4ccc(Br)cc4OC[C@@H]3CC(N)=O)cc2N1. The molecule has 2 aliphatic rings. The molecule has 7 nitrogen and oxygen atoms in total. The third-order valence-electron chi connectivity index (χ3n) is 4.57. The molecular weight excluding hydrogens is 426 g/mol. The van der Waals surface area contributed by atoms with Gasteiger partial charge in [-0.1, -0.05) is 22.5 Å². The molecule has 0 unspecified atom stereocenters. The van der Waals surface area contributed by atoms with Crippen molar-refractivity contribution in [2.45, 2.75) is 12.5 Å². The smallest absolute Gasteiger partial charge is 0.258 e. The lowest BCUT2D eigenvalue weighted by molar-refractivity contribution is -0.118. The van der Waals surface area contributed by atoms with Crippen molar-refractivity contribution in [2.75, 3.05) is 23.4 Å². The minimum atomic E-state index is -0.497. The van der Waals surface area contributed by atoms with E-state index < -0.39 is 11.9 Å². The Morgan fingerprint density at radius 2 is 2.04 bits per heavy atom. The van der Waals surface area contributed by atoms with E-state index >= 15 is 0 Å². The molecule has 0 aromatic heterocycles. The molecule has 0 bridgehead atoms. The molecule has 2 aromatic carbocycles. The maximum absolute atomic E-state index is 13.4. The van der Waals surface area contributed by atoms with E-state index in [2.05, 4.69) is 27.8 Å². The predicted octanol–water partition coefficient (Wildman–Crippen LogP) is 3.05. The predicted molar refractivity (Wildman–Crippen MR) is 109 cm³/mol. The second kappa shape index (κ2) is 7.20. The number of halogens is 1. The lowest BCUT2D eigenvalue weighted by atomic mass is 10.0. The number of primary amides is 1. The van der Waals surface area contributed by atoms with Crippen LogP contribution in [0.5, 0.6) is 11.5 Å². The molecule has 1 atom stereocenters. The number of nitrogens with zero attached hydrogens (tertiary/aromatic N) is 1. The molecule has 0 saturated heterocycles. The first-order valence-corrected chi connectivity index (χ1v) is 9.47. The quantitative estimate of drug-likeness (QED) is 0.759. The zero-order valence-electron chi connectivity index (χ0n) is 14.9. The number of amides is 2. The van der Waals surface area contributed by atoms with Crippen molar-refractivity contribution < 1.29 is 19.1 Å². The van der Waals surface area contributed by atoms with Crippen LogP contribution in [0.1, 0.15) is 16.8 Å². The second-order valence-electron chi connectivity index (χ2n) is 6.65. The Kier molecular flexibility index (Phi) is 4.72. The van der Waals surface area contributed by atoms with Crippen molar-refractivity contribution in [2.24, 2.45) is 5.73 Å². The Labute approximate surface area is 170 Å². The molecule has 2 aliphatic heterocycles. The molecule has 2 aromatic rings. The van der Waals surface area contributed by atoms with E-state index in [1.54, 1.807) is 35.2 Å². The summed E-state index contributed by atoms with van der Waals surface area (Å²) < 4.78 is 12.2. The normalized spacial score (nSPS) is 17.5. The number of hydrogen-bond donors (Lipinski definition) is 2. The van der Waals surface area contributed by atoms with Gasteiger partial charge in [0.25, 0.3) is 5.91 Å². The zero-order chi connectivity index (χ0) is 19.8. The number of carbonyl (C=O) groups excluding carboxylic acids is 2. The number of nitrogens with two attached hydrogens (primary N) is 1. The highest BCUT2D eigenvalue weighted by Crippen LogP contribution is 2.38. The molecule has 0 radical (unpaired) electrons. The van der Waals surface area contributed by atoms with Gasteiger partial charge in [0.05, 0.1) is 23.8 Å². The van der Waals surface area contributed by atoms with Crippen LogP contribution in [0.3, 0.4) is 0 Å². The van der Waals surface area contributed by atoms with Gasteiger partial charge in [-0.05, 0) is 36.4 Å². The molecule has 2 heterocycles. The highest BCUT2D eigenvalue weighted by Gasteiger charge is 2.34. The Bertz CT molecular complexity index is 991. The fourth-order valence-corrected chi connectivity index (χ4v) is 3.67. The van der Waals surface area contributed by atoms with Gasteiger partial charge in [0.1, 0.15) is 24.7 Å². The van der Waals surface area contributed by atoms with Gasteiger partial charge in [-0.2, -0.15) is 0 Å². The first-order chi connectivity index (χ1) is 13.4. The average Bonchev–Trinajstić information content (AvgIpc) is 2.66. The summed E-state index contributed by atoms with van der Waals surface area (Å²) in [4.78, 5) is 26.6. The van der Waals surface area contributed by atoms with Gasteiger partial charge in [0.2, 0.25) is 5.91 Å². The van der Waals surface area contributed by atoms with Crippen molar-refractivity contribution in [3.63, 3.8) is 0 Å². The van der Waals surface area contributed by atoms with Crippen molar-refractivity contribution in [1.29, 1.82) is 0 Å². The molecular formula is C20H18BrN3O4. The topological polar surface area (TPSA) is 93.9 Å². The number of anilines is 2. The van der Waals surface area contributed by atoms with Crippen molar-refractivity contribution in [3.8, 4) is 11.5 Å². The highest BCUT2D eigenvalue weighted by molar-refractivity contribution is 9.10. The maximum atomic E-state index is 13.4. The highest BCUT2D eigenvalue weighted by atomic mass is 79.9. The van der Waals surface area contributed by atoms with Crippen LogP contribution in [-0.2, 0) is 4.79 Å². The minimum Gasteiger partial charge on any atom is -0.489 e. The van der Waals surface area contributed by atoms with E-state index in [-0.39, 0.29) is 18.9 Å². The van der Waals surface area contributed by atoms with Gasteiger partial charge in [0, 0.05) is 15.7 Å². The summed E-state index contributed by atoms with van der Waals surface area (Å²) in [5.41, 5.74) is 7.84. The average molecular weight is 444 g/mol. The van der Waals surface area contributed by atoms with Crippen LogP contribution >= 0.6 is 15.9 Å². The first kappa shape index (κ1) is 18.4.